The third-order valence-electron chi connectivity index (χ3n) is 5.40. The van der Waals surface area contributed by atoms with Crippen molar-refractivity contribution in [3.05, 3.63) is 58.4 Å². The smallest absolute Gasteiger partial charge is 0.270 e. The van der Waals surface area contributed by atoms with Gasteiger partial charge in [0.1, 0.15) is 5.82 Å². The van der Waals surface area contributed by atoms with E-state index in [2.05, 4.69) is 9.71 Å². The van der Waals surface area contributed by atoms with Crippen molar-refractivity contribution in [2.75, 3.05) is 6.54 Å². The van der Waals surface area contributed by atoms with Crippen LogP contribution in [-0.4, -0.2) is 24.5 Å². The second kappa shape index (κ2) is 7.84. The maximum absolute atomic E-state index is 13.7. The van der Waals surface area contributed by atoms with Gasteiger partial charge in [-0.25, -0.2) is 18.1 Å². The Morgan fingerprint density at radius 1 is 1.07 bits per heavy atom. The molecule has 2 aromatic carbocycles. The first-order chi connectivity index (χ1) is 13.5. The summed E-state index contributed by atoms with van der Waals surface area (Å²) >= 11 is 0. The van der Waals surface area contributed by atoms with Crippen LogP contribution in [0, 0.1) is 27.7 Å². The Balaban J connectivity index is 1.93. The molecule has 1 atom stereocenters. The Hall–Kier alpha value is -2.32. The zero-order valence-corrected chi connectivity index (χ0v) is 17.9. The molecule has 3 rings (SSSR count). The number of sulfonamides is 1. The summed E-state index contributed by atoms with van der Waals surface area (Å²) in [6, 6.07) is 8.60. The van der Waals surface area contributed by atoms with E-state index >= 15 is 0 Å². The predicted molar refractivity (Wildman–Crippen MR) is 110 cm³/mol. The molecular weight excluding hydrogens is 396 g/mol. The molecule has 0 unspecified atom stereocenters. The van der Waals surface area contributed by atoms with Gasteiger partial charge in [-0.1, -0.05) is 25.1 Å². The fraction of sp³-hybridized carbons (Fsp3) is 0.381. The predicted octanol–water partition coefficient (Wildman–Crippen LogP) is 4.75. The fourth-order valence-electron chi connectivity index (χ4n) is 3.60. The average Bonchev–Trinajstić information content (AvgIpc) is 3.04. The lowest BCUT2D eigenvalue weighted by Gasteiger charge is -2.18. The van der Waals surface area contributed by atoms with Crippen LogP contribution in [0.1, 0.15) is 47.5 Å². The van der Waals surface area contributed by atoms with Gasteiger partial charge in [0.15, 0.2) is 0 Å². The molecule has 3 aromatic rings. The number of imidazole rings is 1. The monoisotopic (exact) mass is 421 g/mol. The molecule has 1 N–H and O–H groups in total. The topological polar surface area (TPSA) is 64.0 Å². The minimum atomic E-state index is -3.81. The standard InChI is InChI=1S/C21H25F2N3O2S/c1-12-10-13(2)16(5)19(15(12)4)29(27,28)24-11-14(3)20-25-17-8-6-7-9-18(17)26(20)21(22)23/h6-10,14,21,24H,11H2,1-5H3/t14-/m0/s1. The first-order valence-electron chi connectivity index (χ1n) is 9.36. The zero-order valence-electron chi connectivity index (χ0n) is 17.1. The van der Waals surface area contributed by atoms with Gasteiger partial charge < -0.3 is 0 Å². The van der Waals surface area contributed by atoms with Gasteiger partial charge in [-0.3, -0.25) is 4.57 Å². The lowest BCUT2D eigenvalue weighted by molar-refractivity contribution is 0.0705. The van der Waals surface area contributed by atoms with Gasteiger partial charge in [0.2, 0.25) is 10.0 Å². The molecule has 0 radical (unpaired) electrons. The van der Waals surface area contributed by atoms with E-state index in [1.54, 1.807) is 45.0 Å². The van der Waals surface area contributed by atoms with E-state index < -0.39 is 22.5 Å². The van der Waals surface area contributed by atoms with E-state index in [0.717, 1.165) is 15.7 Å². The van der Waals surface area contributed by atoms with Crippen LogP contribution in [0.4, 0.5) is 8.78 Å². The number of aryl methyl sites for hydroxylation is 2. The molecule has 156 valence electrons. The summed E-state index contributed by atoms with van der Waals surface area (Å²) in [4.78, 5) is 4.57. The fourth-order valence-corrected chi connectivity index (χ4v) is 5.34. The van der Waals surface area contributed by atoms with Gasteiger partial charge in [0, 0.05) is 12.5 Å². The molecule has 5 nitrogen and oxygen atoms in total. The van der Waals surface area contributed by atoms with Crippen molar-refractivity contribution in [1.82, 2.24) is 14.3 Å². The highest BCUT2D eigenvalue weighted by Crippen LogP contribution is 2.29. The molecule has 29 heavy (non-hydrogen) atoms. The molecule has 1 aromatic heterocycles. The number of halogens is 2. The van der Waals surface area contributed by atoms with E-state index in [1.807, 2.05) is 19.9 Å². The molecule has 0 saturated heterocycles. The van der Waals surface area contributed by atoms with Crippen LogP contribution in [-0.2, 0) is 10.0 Å². The molecule has 0 bridgehead atoms. The summed E-state index contributed by atoms with van der Waals surface area (Å²) in [5.74, 6) is -0.393. The first kappa shape index (κ1) is 21.4. The van der Waals surface area contributed by atoms with Gasteiger partial charge in [0.05, 0.1) is 15.9 Å². The molecule has 0 saturated carbocycles. The van der Waals surface area contributed by atoms with Crippen LogP contribution in [0.5, 0.6) is 0 Å². The highest BCUT2D eigenvalue weighted by molar-refractivity contribution is 7.89. The number of hydrogen-bond donors (Lipinski definition) is 1. The molecule has 0 fully saturated rings. The summed E-state index contributed by atoms with van der Waals surface area (Å²) in [6.07, 6.45) is 0. The number of aromatic nitrogens is 2. The number of alkyl halides is 2. The van der Waals surface area contributed by atoms with Crippen LogP contribution in [0.25, 0.3) is 11.0 Å². The van der Waals surface area contributed by atoms with E-state index in [0.29, 0.717) is 22.2 Å². The number of nitrogens with one attached hydrogen (secondary N) is 1. The second-order valence-electron chi connectivity index (χ2n) is 7.45. The molecular formula is C21H25F2N3O2S. The van der Waals surface area contributed by atoms with Gasteiger partial charge in [0.25, 0.3) is 0 Å². The number of rotatable bonds is 6. The van der Waals surface area contributed by atoms with E-state index in [1.165, 1.54) is 0 Å². The molecule has 0 aliphatic rings. The lowest BCUT2D eigenvalue weighted by Crippen LogP contribution is -2.30. The van der Waals surface area contributed by atoms with Crippen LogP contribution in [0.15, 0.2) is 35.2 Å². The SMILES string of the molecule is Cc1cc(C)c(C)c(S(=O)(=O)NC[C@H](C)c2nc3ccccc3n2C(F)F)c1C. The third kappa shape index (κ3) is 3.91. The van der Waals surface area contributed by atoms with Gasteiger partial charge in [-0.05, 0) is 62.1 Å². The summed E-state index contributed by atoms with van der Waals surface area (Å²) in [5.41, 5.74) is 3.94. The molecule has 0 aliphatic carbocycles. The first-order valence-corrected chi connectivity index (χ1v) is 10.8. The van der Waals surface area contributed by atoms with E-state index in [-0.39, 0.29) is 17.3 Å². The highest BCUT2D eigenvalue weighted by atomic mass is 32.2. The maximum atomic E-state index is 13.7. The minimum Gasteiger partial charge on any atom is -0.270 e. The van der Waals surface area contributed by atoms with Crippen molar-refractivity contribution in [1.29, 1.82) is 0 Å². The minimum absolute atomic E-state index is 0.0375. The molecule has 0 amide bonds. The van der Waals surface area contributed by atoms with Crippen molar-refractivity contribution in [2.24, 2.45) is 0 Å². The van der Waals surface area contributed by atoms with E-state index in [4.69, 9.17) is 0 Å². The molecule has 8 heteroatoms. The zero-order chi connectivity index (χ0) is 21.5. The van der Waals surface area contributed by atoms with Crippen molar-refractivity contribution < 1.29 is 17.2 Å². The lowest BCUT2D eigenvalue weighted by atomic mass is 10.0. The number of fused-ring (bicyclic) bond motifs is 1. The van der Waals surface area contributed by atoms with Crippen LogP contribution < -0.4 is 4.72 Å². The van der Waals surface area contributed by atoms with Gasteiger partial charge in [-0.2, -0.15) is 8.78 Å². The Bertz CT molecular complexity index is 1140. The van der Waals surface area contributed by atoms with Crippen LogP contribution in [0.2, 0.25) is 0 Å². The Morgan fingerprint density at radius 3 is 2.24 bits per heavy atom. The number of para-hydroxylation sites is 2. The Morgan fingerprint density at radius 2 is 1.66 bits per heavy atom. The number of hydrogen-bond acceptors (Lipinski definition) is 3. The summed E-state index contributed by atoms with van der Waals surface area (Å²) in [7, 11) is -3.81. The van der Waals surface area contributed by atoms with Crippen molar-refractivity contribution in [3.8, 4) is 0 Å². The Kier molecular flexibility index (Phi) is 5.78. The van der Waals surface area contributed by atoms with Crippen LogP contribution in [0.3, 0.4) is 0 Å². The average molecular weight is 422 g/mol. The molecule has 1 heterocycles. The van der Waals surface area contributed by atoms with Gasteiger partial charge in [-0.15, -0.1) is 0 Å². The third-order valence-corrected chi connectivity index (χ3v) is 7.10. The quantitative estimate of drug-likeness (QED) is 0.625. The molecule has 0 spiro atoms. The summed E-state index contributed by atoms with van der Waals surface area (Å²) in [5, 5.41) is 0. The highest BCUT2D eigenvalue weighted by Gasteiger charge is 2.26. The Labute approximate surface area is 169 Å². The number of nitrogens with zero attached hydrogens (tertiary/aromatic N) is 2. The second-order valence-corrected chi connectivity index (χ2v) is 9.15. The van der Waals surface area contributed by atoms with Crippen molar-refractivity contribution in [2.45, 2.75) is 52.0 Å². The normalized spacial score (nSPS) is 13.4. The summed E-state index contributed by atoms with van der Waals surface area (Å²) in [6.45, 7) is 6.17. The van der Waals surface area contributed by atoms with Crippen LogP contribution >= 0.6 is 0 Å². The molecule has 0 aliphatic heterocycles. The number of benzene rings is 2. The van der Waals surface area contributed by atoms with Gasteiger partial charge >= 0.3 is 6.55 Å². The van der Waals surface area contributed by atoms with Crippen molar-refractivity contribution >= 4 is 21.1 Å². The summed E-state index contributed by atoms with van der Waals surface area (Å²) < 4.78 is 56.8. The van der Waals surface area contributed by atoms with E-state index in [9.17, 15) is 17.2 Å². The largest absolute Gasteiger partial charge is 0.320 e. The van der Waals surface area contributed by atoms with Crippen molar-refractivity contribution in [3.63, 3.8) is 0 Å². The maximum Gasteiger partial charge on any atom is 0.320 e.